The molecule has 0 saturated carbocycles. The highest BCUT2D eigenvalue weighted by Crippen LogP contribution is 2.26. The monoisotopic (exact) mass is 353 g/mol. The van der Waals surface area contributed by atoms with Gasteiger partial charge in [0, 0.05) is 25.7 Å². The number of anilines is 2. The lowest BCUT2D eigenvalue weighted by molar-refractivity contribution is -0.143. The Balaban J connectivity index is 2.01. The molecule has 0 radical (unpaired) electrons. The molecule has 2 N–H and O–H groups in total. The summed E-state index contributed by atoms with van der Waals surface area (Å²) in [5.74, 6) is -0.157. The first-order valence-corrected chi connectivity index (χ1v) is 8.42. The maximum atomic E-state index is 12.6. The normalized spacial score (nSPS) is 22.0. The van der Waals surface area contributed by atoms with Crippen molar-refractivity contribution in [2.45, 2.75) is 45.9 Å². The molecule has 24 heavy (non-hydrogen) atoms. The number of rotatable bonds is 4. The van der Waals surface area contributed by atoms with Gasteiger partial charge in [0.05, 0.1) is 22.9 Å². The van der Waals surface area contributed by atoms with Crippen LogP contribution >= 0.6 is 11.6 Å². The Morgan fingerprint density at radius 2 is 1.92 bits per heavy atom. The van der Waals surface area contributed by atoms with E-state index in [-0.39, 0.29) is 30.1 Å². The SMILES string of the molecule is CC(=O)Nc1ccc(N[C@H](C)C(=O)N2C[C@@H](C)O[C@@H](C)C2)cc1Cl. The Bertz CT molecular complexity index is 613. The molecule has 1 aliphatic heterocycles. The largest absolute Gasteiger partial charge is 0.374 e. The molecule has 3 atom stereocenters. The molecule has 1 aliphatic rings. The van der Waals surface area contributed by atoms with Crippen molar-refractivity contribution in [1.82, 2.24) is 4.90 Å². The molecule has 2 rings (SSSR count). The fourth-order valence-electron chi connectivity index (χ4n) is 2.84. The number of hydrogen-bond donors (Lipinski definition) is 2. The number of morpholine rings is 1. The third-order valence-corrected chi connectivity index (χ3v) is 4.08. The van der Waals surface area contributed by atoms with E-state index in [1.54, 1.807) is 18.2 Å². The van der Waals surface area contributed by atoms with Crippen LogP contribution in [0.15, 0.2) is 18.2 Å². The zero-order valence-corrected chi connectivity index (χ0v) is 15.2. The quantitative estimate of drug-likeness (QED) is 0.873. The highest BCUT2D eigenvalue weighted by atomic mass is 35.5. The molecule has 1 fully saturated rings. The molecule has 0 aliphatic carbocycles. The summed E-state index contributed by atoms with van der Waals surface area (Å²) in [5, 5.41) is 6.23. The van der Waals surface area contributed by atoms with Gasteiger partial charge in [-0.25, -0.2) is 0 Å². The van der Waals surface area contributed by atoms with Crippen LogP contribution in [0.5, 0.6) is 0 Å². The summed E-state index contributed by atoms with van der Waals surface area (Å²) in [4.78, 5) is 25.5. The number of carbonyl (C=O) groups is 2. The molecule has 2 amide bonds. The second kappa shape index (κ2) is 7.85. The molecular weight excluding hydrogens is 330 g/mol. The van der Waals surface area contributed by atoms with Crippen molar-refractivity contribution < 1.29 is 14.3 Å². The van der Waals surface area contributed by atoms with Gasteiger partial charge in [0.25, 0.3) is 0 Å². The molecule has 1 aromatic rings. The summed E-state index contributed by atoms with van der Waals surface area (Å²) in [6.45, 7) is 8.37. The average molecular weight is 354 g/mol. The number of hydrogen-bond acceptors (Lipinski definition) is 4. The fourth-order valence-corrected chi connectivity index (χ4v) is 3.07. The van der Waals surface area contributed by atoms with E-state index in [2.05, 4.69) is 10.6 Å². The first-order chi connectivity index (χ1) is 11.3. The van der Waals surface area contributed by atoms with Gasteiger partial charge in [0.2, 0.25) is 11.8 Å². The topological polar surface area (TPSA) is 70.7 Å². The van der Waals surface area contributed by atoms with Crippen LogP contribution in [0, 0.1) is 0 Å². The molecule has 132 valence electrons. The molecule has 1 aromatic carbocycles. The number of nitrogens with zero attached hydrogens (tertiary/aromatic N) is 1. The molecule has 6 nitrogen and oxygen atoms in total. The number of ether oxygens (including phenoxy) is 1. The van der Waals surface area contributed by atoms with Crippen LogP contribution in [0.2, 0.25) is 5.02 Å². The van der Waals surface area contributed by atoms with Gasteiger partial charge in [-0.1, -0.05) is 11.6 Å². The molecule has 0 unspecified atom stereocenters. The van der Waals surface area contributed by atoms with Crippen LogP contribution in [-0.2, 0) is 14.3 Å². The maximum Gasteiger partial charge on any atom is 0.244 e. The van der Waals surface area contributed by atoms with Crippen LogP contribution in [0.4, 0.5) is 11.4 Å². The van der Waals surface area contributed by atoms with Gasteiger partial charge in [-0.3, -0.25) is 9.59 Å². The lowest BCUT2D eigenvalue weighted by Gasteiger charge is -2.36. The average Bonchev–Trinajstić information content (AvgIpc) is 2.48. The van der Waals surface area contributed by atoms with Gasteiger partial charge < -0.3 is 20.3 Å². The van der Waals surface area contributed by atoms with Crippen molar-refractivity contribution in [3.05, 3.63) is 23.2 Å². The first kappa shape index (κ1) is 18.5. The van der Waals surface area contributed by atoms with E-state index in [1.807, 2.05) is 25.7 Å². The van der Waals surface area contributed by atoms with Gasteiger partial charge in [-0.15, -0.1) is 0 Å². The maximum absolute atomic E-state index is 12.6. The Morgan fingerprint density at radius 1 is 1.29 bits per heavy atom. The predicted octanol–water partition coefficient (Wildman–Crippen LogP) is 2.73. The van der Waals surface area contributed by atoms with E-state index < -0.39 is 0 Å². The molecule has 0 spiro atoms. The van der Waals surface area contributed by atoms with E-state index >= 15 is 0 Å². The molecular formula is C17H24ClN3O3. The van der Waals surface area contributed by atoms with Crippen molar-refractivity contribution in [3.8, 4) is 0 Å². The van der Waals surface area contributed by atoms with Crippen molar-refractivity contribution in [1.29, 1.82) is 0 Å². The van der Waals surface area contributed by atoms with Gasteiger partial charge in [-0.05, 0) is 39.0 Å². The van der Waals surface area contributed by atoms with Gasteiger partial charge >= 0.3 is 0 Å². The van der Waals surface area contributed by atoms with E-state index in [0.29, 0.717) is 23.8 Å². The van der Waals surface area contributed by atoms with E-state index in [0.717, 1.165) is 5.69 Å². The highest BCUT2D eigenvalue weighted by Gasteiger charge is 2.28. The highest BCUT2D eigenvalue weighted by molar-refractivity contribution is 6.34. The van der Waals surface area contributed by atoms with Gasteiger partial charge in [0.1, 0.15) is 6.04 Å². The second-order valence-corrected chi connectivity index (χ2v) is 6.65. The molecule has 1 heterocycles. The number of benzene rings is 1. The lowest BCUT2D eigenvalue weighted by atomic mass is 10.2. The Kier molecular flexibility index (Phi) is 6.07. The lowest BCUT2D eigenvalue weighted by Crippen LogP contribution is -2.52. The van der Waals surface area contributed by atoms with Crippen molar-refractivity contribution in [2.75, 3.05) is 23.7 Å². The number of halogens is 1. The van der Waals surface area contributed by atoms with Crippen molar-refractivity contribution in [3.63, 3.8) is 0 Å². The standard InChI is InChI=1S/C17H24ClN3O3/c1-10-8-21(9-11(2)24-10)17(23)12(3)19-14-5-6-16(15(18)7-14)20-13(4)22/h5-7,10-12,19H,8-9H2,1-4H3,(H,20,22)/t10-,11+,12-/m1/s1. The number of carbonyl (C=O) groups excluding carboxylic acids is 2. The summed E-state index contributed by atoms with van der Waals surface area (Å²) in [6.07, 6.45) is 0.0765. The summed E-state index contributed by atoms with van der Waals surface area (Å²) in [6, 6.07) is 4.81. The molecule has 0 aromatic heterocycles. The van der Waals surface area contributed by atoms with Crippen LogP contribution in [-0.4, -0.2) is 48.1 Å². The van der Waals surface area contributed by atoms with E-state index in [4.69, 9.17) is 16.3 Å². The minimum Gasteiger partial charge on any atom is -0.374 e. The third-order valence-electron chi connectivity index (χ3n) is 3.76. The zero-order valence-electron chi connectivity index (χ0n) is 14.4. The molecule has 1 saturated heterocycles. The number of amides is 2. The van der Waals surface area contributed by atoms with E-state index in [1.165, 1.54) is 6.92 Å². The van der Waals surface area contributed by atoms with Crippen LogP contribution < -0.4 is 10.6 Å². The van der Waals surface area contributed by atoms with Gasteiger partial charge in [0.15, 0.2) is 0 Å². The third kappa shape index (κ3) is 4.85. The van der Waals surface area contributed by atoms with Crippen LogP contribution in [0.25, 0.3) is 0 Å². The minimum atomic E-state index is -0.384. The summed E-state index contributed by atoms with van der Waals surface area (Å²) < 4.78 is 5.66. The Labute approximate surface area is 147 Å². The Morgan fingerprint density at radius 3 is 2.46 bits per heavy atom. The first-order valence-electron chi connectivity index (χ1n) is 8.04. The molecule has 0 bridgehead atoms. The van der Waals surface area contributed by atoms with E-state index in [9.17, 15) is 9.59 Å². The fraction of sp³-hybridized carbons (Fsp3) is 0.529. The van der Waals surface area contributed by atoms with Crippen LogP contribution in [0.1, 0.15) is 27.7 Å². The van der Waals surface area contributed by atoms with Crippen molar-refractivity contribution in [2.24, 2.45) is 0 Å². The Hall–Kier alpha value is -1.79. The minimum absolute atomic E-state index is 0.0269. The van der Waals surface area contributed by atoms with Crippen LogP contribution in [0.3, 0.4) is 0 Å². The molecule has 7 heteroatoms. The summed E-state index contributed by atoms with van der Waals surface area (Å²) in [7, 11) is 0. The smallest absolute Gasteiger partial charge is 0.244 e. The second-order valence-electron chi connectivity index (χ2n) is 6.24. The van der Waals surface area contributed by atoms with Crippen molar-refractivity contribution >= 4 is 34.8 Å². The zero-order chi connectivity index (χ0) is 17.9. The summed E-state index contributed by atoms with van der Waals surface area (Å²) >= 11 is 6.16. The predicted molar refractivity (Wildman–Crippen MR) is 95.4 cm³/mol. The van der Waals surface area contributed by atoms with Gasteiger partial charge in [-0.2, -0.15) is 0 Å². The summed E-state index contributed by atoms with van der Waals surface area (Å²) in [5.41, 5.74) is 1.27. The number of nitrogens with one attached hydrogen (secondary N) is 2.